The number of carboxylic acids is 1. The summed E-state index contributed by atoms with van der Waals surface area (Å²) in [4.78, 5) is 23.9. The monoisotopic (exact) mass is 462 g/mol. The van der Waals surface area contributed by atoms with E-state index in [-0.39, 0.29) is 11.1 Å². The molecule has 4 nitrogen and oxygen atoms in total. The zero-order valence-corrected chi connectivity index (χ0v) is 21.9. The second-order valence-corrected chi connectivity index (χ2v) is 8.96. The Hall–Kier alpha value is -1.84. The standard InChI is InChI=1S/C24H38O4.C5H12/c1-3-5-7-9-11-13-15-20-16-17-21(23(25)26)22(19-20)24(27)28-18-14-12-10-8-6-4-2;1-3-5-4-2/h16-17,19H,3-15,18H2,1-2H3,(H,25,26);3-5H2,1-2H3. The summed E-state index contributed by atoms with van der Waals surface area (Å²) >= 11 is 0. The molecule has 33 heavy (non-hydrogen) atoms. The summed E-state index contributed by atoms with van der Waals surface area (Å²) < 4.78 is 5.35. The number of aryl methyl sites for hydroxylation is 1. The predicted molar refractivity (Wildman–Crippen MR) is 139 cm³/mol. The number of hydrogen-bond donors (Lipinski definition) is 1. The fourth-order valence-corrected chi connectivity index (χ4v) is 3.69. The number of carbonyl (C=O) groups excluding carboxylic acids is 1. The minimum Gasteiger partial charge on any atom is -0.478 e. The van der Waals surface area contributed by atoms with Crippen molar-refractivity contribution < 1.29 is 19.4 Å². The van der Waals surface area contributed by atoms with Crippen LogP contribution in [0.15, 0.2) is 18.2 Å². The van der Waals surface area contributed by atoms with Gasteiger partial charge < -0.3 is 9.84 Å². The molecule has 0 aliphatic rings. The van der Waals surface area contributed by atoms with E-state index in [1.807, 2.05) is 6.07 Å². The number of ether oxygens (including phenoxy) is 1. The topological polar surface area (TPSA) is 63.6 Å². The van der Waals surface area contributed by atoms with E-state index in [4.69, 9.17) is 4.74 Å². The molecule has 1 rings (SSSR count). The summed E-state index contributed by atoms with van der Waals surface area (Å²) in [5, 5.41) is 9.39. The van der Waals surface area contributed by atoms with Crippen LogP contribution >= 0.6 is 0 Å². The first-order chi connectivity index (χ1) is 16.0. The number of aromatic carboxylic acids is 1. The van der Waals surface area contributed by atoms with Gasteiger partial charge in [0.25, 0.3) is 0 Å². The van der Waals surface area contributed by atoms with Crippen LogP contribution in [-0.2, 0) is 11.2 Å². The number of rotatable bonds is 18. The lowest BCUT2D eigenvalue weighted by Gasteiger charge is -2.10. The Kier molecular flexibility index (Phi) is 20.8. The van der Waals surface area contributed by atoms with Crippen molar-refractivity contribution >= 4 is 11.9 Å². The molecule has 0 radical (unpaired) electrons. The highest BCUT2D eigenvalue weighted by atomic mass is 16.5. The molecule has 1 aromatic carbocycles. The molecule has 0 fully saturated rings. The van der Waals surface area contributed by atoms with Crippen molar-refractivity contribution in [2.75, 3.05) is 6.61 Å². The van der Waals surface area contributed by atoms with Crippen molar-refractivity contribution in [1.29, 1.82) is 0 Å². The zero-order chi connectivity index (χ0) is 24.7. The molecule has 0 spiro atoms. The molecule has 1 N–H and O–H groups in total. The average Bonchev–Trinajstić information content (AvgIpc) is 2.81. The third kappa shape index (κ3) is 16.4. The molecule has 0 saturated carbocycles. The number of carbonyl (C=O) groups is 2. The van der Waals surface area contributed by atoms with Gasteiger partial charge in [-0.3, -0.25) is 0 Å². The molecular weight excluding hydrogens is 412 g/mol. The molecule has 0 aliphatic carbocycles. The van der Waals surface area contributed by atoms with Gasteiger partial charge in [0, 0.05) is 0 Å². The number of esters is 1. The fraction of sp³-hybridized carbons (Fsp3) is 0.724. The number of hydrogen-bond acceptors (Lipinski definition) is 3. The molecule has 1 aromatic rings. The highest BCUT2D eigenvalue weighted by Crippen LogP contribution is 2.17. The van der Waals surface area contributed by atoms with Crippen LogP contribution in [0.25, 0.3) is 0 Å². The highest BCUT2D eigenvalue weighted by molar-refractivity contribution is 6.02. The Balaban J connectivity index is 0.00000184. The lowest BCUT2D eigenvalue weighted by atomic mass is 9.99. The first-order valence-electron chi connectivity index (χ1n) is 13.5. The quantitative estimate of drug-likeness (QED) is 0.175. The Morgan fingerprint density at radius 2 is 1.18 bits per heavy atom. The second kappa shape index (κ2) is 22.0. The molecule has 0 aromatic heterocycles. The molecule has 0 bridgehead atoms. The van der Waals surface area contributed by atoms with E-state index in [2.05, 4.69) is 27.7 Å². The van der Waals surface area contributed by atoms with Gasteiger partial charge in [0.05, 0.1) is 17.7 Å². The minimum absolute atomic E-state index is 0.0274. The van der Waals surface area contributed by atoms with Gasteiger partial charge >= 0.3 is 11.9 Å². The molecule has 0 amide bonds. The summed E-state index contributed by atoms with van der Waals surface area (Å²) in [6.45, 7) is 9.16. The first kappa shape index (κ1) is 31.2. The van der Waals surface area contributed by atoms with E-state index in [9.17, 15) is 14.7 Å². The zero-order valence-electron chi connectivity index (χ0n) is 21.9. The van der Waals surface area contributed by atoms with Crippen LogP contribution in [-0.4, -0.2) is 23.7 Å². The van der Waals surface area contributed by atoms with Crippen molar-refractivity contribution in [3.63, 3.8) is 0 Å². The van der Waals surface area contributed by atoms with Gasteiger partial charge in [-0.2, -0.15) is 0 Å². The van der Waals surface area contributed by atoms with Gasteiger partial charge in [-0.05, 0) is 37.0 Å². The lowest BCUT2D eigenvalue weighted by Crippen LogP contribution is -2.13. The maximum atomic E-state index is 12.4. The molecule has 0 saturated heterocycles. The van der Waals surface area contributed by atoms with E-state index in [1.54, 1.807) is 6.07 Å². The molecule has 0 atom stereocenters. The summed E-state index contributed by atoms with van der Waals surface area (Å²) in [7, 11) is 0. The summed E-state index contributed by atoms with van der Waals surface area (Å²) in [5.41, 5.74) is 1.22. The third-order valence-electron chi connectivity index (χ3n) is 5.79. The van der Waals surface area contributed by atoms with Crippen molar-refractivity contribution in [1.82, 2.24) is 0 Å². The van der Waals surface area contributed by atoms with Crippen LogP contribution in [0, 0.1) is 0 Å². The predicted octanol–water partition coefficient (Wildman–Crippen LogP) is 9.00. The first-order valence-corrected chi connectivity index (χ1v) is 13.5. The van der Waals surface area contributed by atoms with E-state index in [1.165, 1.54) is 76.7 Å². The molecule has 190 valence electrons. The van der Waals surface area contributed by atoms with E-state index >= 15 is 0 Å². The summed E-state index contributed by atoms with van der Waals surface area (Å²) in [5.74, 6) is -1.60. The van der Waals surface area contributed by atoms with Gasteiger partial charge in [0.2, 0.25) is 0 Å². The number of unbranched alkanes of at least 4 members (excludes halogenated alkanes) is 12. The Morgan fingerprint density at radius 1 is 0.667 bits per heavy atom. The van der Waals surface area contributed by atoms with Crippen LogP contribution in [0.3, 0.4) is 0 Å². The lowest BCUT2D eigenvalue weighted by molar-refractivity contribution is 0.0487. The normalized spacial score (nSPS) is 10.4. The third-order valence-corrected chi connectivity index (χ3v) is 5.79. The maximum absolute atomic E-state index is 12.4. The van der Waals surface area contributed by atoms with E-state index < -0.39 is 11.9 Å². The smallest absolute Gasteiger partial charge is 0.339 e. The summed E-state index contributed by atoms with van der Waals surface area (Å²) in [6, 6.07) is 5.06. The Labute approximate surface area is 203 Å². The molecular formula is C29H50O4. The van der Waals surface area contributed by atoms with Crippen molar-refractivity contribution in [3.05, 3.63) is 34.9 Å². The van der Waals surface area contributed by atoms with Gasteiger partial charge in [0.15, 0.2) is 0 Å². The Bertz CT molecular complexity index is 622. The van der Waals surface area contributed by atoms with Gasteiger partial charge in [-0.25, -0.2) is 9.59 Å². The van der Waals surface area contributed by atoms with Crippen molar-refractivity contribution in [3.8, 4) is 0 Å². The number of benzene rings is 1. The minimum atomic E-state index is -1.09. The van der Waals surface area contributed by atoms with E-state index in [0.717, 1.165) is 37.7 Å². The van der Waals surface area contributed by atoms with Crippen molar-refractivity contribution in [2.45, 2.75) is 130 Å². The second-order valence-electron chi connectivity index (χ2n) is 8.96. The van der Waals surface area contributed by atoms with E-state index in [0.29, 0.717) is 6.61 Å². The van der Waals surface area contributed by atoms with Crippen LogP contribution < -0.4 is 0 Å². The van der Waals surface area contributed by atoms with Gasteiger partial charge in [-0.1, -0.05) is 117 Å². The largest absolute Gasteiger partial charge is 0.478 e. The fourth-order valence-electron chi connectivity index (χ4n) is 3.69. The van der Waals surface area contributed by atoms with Crippen LogP contribution in [0.1, 0.15) is 150 Å². The summed E-state index contributed by atoms with van der Waals surface area (Å²) in [6.07, 6.45) is 18.9. The van der Waals surface area contributed by atoms with Gasteiger partial charge in [0.1, 0.15) is 0 Å². The average molecular weight is 463 g/mol. The maximum Gasteiger partial charge on any atom is 0.339 e. The highest BCUT2D eigenvalue weighted by Gasteiger charge is 2.18. The Morgan fingerprint density at radius 3 is 1.70 bits per heavy atom. The SMILES string of the molecule is CCCCC.CCCCCCCCOC(=O)c1cc(CCCCCCCC)ccc1C(=O)O. The number of carboxylic acid groups (broad SMARTS) is 1. The van der Waals surface area contributed by atoms with Crippen LogP contribution in [0.2, 0.25) is 0 Å². The van der Waals surface area contributed by atoms with Gasteiger partial charge in [-0.15, -0.1) is 0 Å². The van der Waals surface area contributed by atoms with Crippen LogP contribution in [0.4, 0.5) is 0 Å². The molecule has 4 heteroatoms. The molecule has 0 unspecified atom stereocenters. The molecule has 0 heterocycles. The molecule has 0 aliphatic heterocycles. The van der Waals surface area contributed by atoms with Crippen molar-refractivity contribution in [2.24, 2.45) is 0 Å². The van der Waals surface area contributed by atoms with Crippen LogP contribution in [0.5, 0.6) is 0 Å².